The lowest BCUT2D eigenvalue weighted by atomic mass is 9.98. The summed E-state index contributed by atoms with van der Waals surface area (Å²) < 4.78 is 8.03. The first kappa shape index (κ1) is 20.4. The number of anilines is 1. The van der Waals surface area contributed by atoms with Gasteiger partial charge in [-0.3, -0.25) is 14.4 Å². The molecule has 1 aromatic carbocycles. The molecule has 1 fully saturated rings. The smallest absolute Gasteiger partial charge is 0.255 e. The molecule has 2 N–H and O–H groups in total. The molecule has 160 valence electrons. The number of aromatic nitrogens is 3. The number of pyridine rings is 1. The summed E-state index contributed by atoms with van der Waals surface area (Å²) >= 11 is 0. The fourth-order valence-electron chi connectivity index (χ4n) is 3.76. The minimum atomic E-state index is -0.354. The van der Waals surface area contributed by atoms with E-state index in [1.807, 2.05) is 0 Å². The lowest BCUT2D eigenvalue weighted by molar-refractivity contribution is 0.0779. The number of carbonyl (C=O) groups is 2. The van der Waals surface area contributed by atoms with Crippen LogP contribution in [0.15, 0.2) is 53.6 Å². The van der Waals surface area contributed by atoms with Crippen LogP contribution in [0.25, 0.3) is 5.69 Å². The number of methoxy groups -OCH3 is 1. The number of likely N-dealkylation sites (tertiary alicyclic amines) is 1. The normalized spacial score (nSPS) is 15.8. The van der Waals surface area contributed by atoms with Crippen LogP contribution in [0.2, 0.25) is 0 Å². The van der Waals surface area contributed by atoms with E-state index in [2.05, 4.69) is 5.10 Å². The molecule has 2 aromatic heterocycles. The fraction of sp³-hybridized carbons (Fsp3) is 0.273. The third-order valence-electron chi connectivity index (χ3n) is 5.57. The molecule has 3 aromatic rings. The van der Waals surface area contributed by atoms with Crippen LogP contribution in [0.5, 0.6) is 5.75 Å². The van der Waals surface area contributed by atoms with Crippen molar-refractivity contribution in [3.8, 4) is 11.4 Å². The molecule has 4 rings (SSSR count). The van der Waals surface area contributed by atoms with E-state index >= 15 is 0 Å². The molecule has 9 heteroatoms. The number of nitrogens with two attached hydrogens (primary N) is 1. The van der Waals surface area contributed by atoms with Crippen LogP contribution >= 0.6 is 0 Å². The molecular formula is C22H23N5O4. The summed E-state index contributed by atoms with van der Waals surface area (Å²) in [6, 6.07) is 10.1. The number of nitrogens with zero attached hydrogens (tertiary/aromatic N) is 4. The molecule has 0 saturated carbocycles. The quantitative estimate of drug-likeness (QED) is 0.625. The van der Waals surface area contributed by atoms with Crippen LogP contribution < -0.4 is 16.0 Å². The number of amides is 1. The van der Waals surface area contributed by atoms with E-state index in [0.717, 1.165) is 5.69 Å². The molecule has 1 aliphatic rings. The molecule has 1 saturated heterocycles. The molecule has 1 amide bonds. The van der Waals surface area contributed by atoms with Crippen molar-refractivity contribution in [3.63, 3.8) is 0 Å². The number of hydrogen-bond acceptors (Lipinski definition) is 6. The summed E-state index contributed by atoms with van der Waals surface area (Å²) in [7, 11) is 3.18. The topological polar surface area (TPSA) is 112 Å². The van der Waals surface area contributed by atoms with Gasteiger partial charge < -0.3 is 19.9 Å². The Balaban J connectivity index is 1.49. The van der Waals surface area contributed by atoms with Crippen molar-refractivity contribution in [1.82, 2.24) is 19.2 Å². The largest absolute Gasteiger partial charge is 0.497 e. The number of nitrogen functional groups attached to an aromatic ring is 1. The van der Waals surface area contributed by atoms with Crippen LogP contribution in [-0.2, 0) is 7.05 Å². The standard InChI is InChI=1S/C22H23N5O4/c1-25-12-15(3-8-19(25)28)22(30)26-10-9-14(13-26)20(29)18-11-24-27(21(18)23)16-4-6-17(31-2)7-5-16/h3-8,11-12,14H,9-10,13,23H2,1-2H3. The summed E-state index contributed by atoms with van der Waals surface area (Å²) in [6.45, 7) is 0.762. The second kappa shape index (κ2) is 8.10. The molecule has 0 radical (unpaired) electrons. The zero-order valence-electron chi connectivity index (χ0n) is 17.3. The Morgan fingerprint density at radius 3 is 2.58 bits per heavy atom. The van der Waals surface area contributed by atoms with Crippen molar-refractivity contribution in [2.24, 2.45) is 13.0 Å². The van der Waals surface area contributed by atoms with Gasteiger partial charge in [0.25, 0.3) is 5.91 Å². The fourth-order valence-corrected chi connectivity index (χ4v) is 3.76. The molecule has 1 unspecified atom stereocenters. The van der Waals surface area contributed by atoms with Crippen molar-refractivity contribution in [2.45, 2.75) is 6.42 Å². The maximum atomic E-state index is 13.1. The Hall–Kier alpha value is -3.88. The zero-order valence-corrected chi connectivity index (χ0v) is 17.3. The summed E-state index contributed by atoms with van der Waals surface area (Å²) in [4.78, 5) is 39.0. The SMILES string of the molecule is COc1ccc(-n2ncc(C(=O)C3CCN(C(=O)c4ccc(=O)n(C)c4)C3)c2N)cc1. The van der Waals surface area contributed by atoms with Crippen molar-refractivity contribution in [3.05, 3.63) is 70.3 Å². The molecule has 31 heavy (non-hydrogen) atoms. The van der Waals surface area contributed by atoms with E-state index < -0.39 is 0 Å². The van der Waals surface area contributed by atoms with E-state index in [1.54, 1.807) is 43.3 Å². The summed E-state index contributed by atoms with van der Waals surface area (Å²) in [5, 5.41) is 4.27. The predicted molar refractivity (Wildman–Crippen MR) is 115 cm³/mol. The lowest BCUT2D eigenvalue weighted by Gasteiger charge is -2.16. The van der Waals surface area contributed by atoms with Gasteiger partial charge >= 0.3 is 0 Å². The van der Waals surface area contributed by atoms with Gasteiger partial charge in [0.2, 0.25) is 5.56 Å². The molecular weight excluding hydrogens is 398 g/mol. The van der Waals surface area contributed by atoms with Crippen LogP contribution in [0, 0.1) is 5.92 Å². The van der Waals surface area contributed by atoms with Gasteiger partial charge in [-0.2, -0.15) is 5.10 Å². The minimum Gasteiger partial charge on any atom is -0.497 e. The first-order valence-electron chi connectivity index (χ1n) is 9.87. The van der Waals surface area contributed by atoms with E-state index in [1.165, 1.54) is 33.8 Å². The first-order valence-corrected chi connectivity index (χ1v) is 9.87. The van der Waals surface area contributed by atoms with Gasteiger partial charge in [0, 0.05) is 38.3 Å². The van der Waals surface area contributed by atoms with Crippen molar-refractivity contribution in [1.29, 1.82) is 0 Å². The van der Waals surface area contributed by atoms with Crippen LogP contribution in [0.4, 0.5) is 5.82 Å². The molecule has 9 nitrogen and oxygen atoms in total. The highest BCUT2D eigenvalue weighted by Gasteiger charge is 2.33. The number of carbonyl (C=O) groups excluding carboxylic acids is 2. The van der Waals surface area contributed by atoms with Gasteiger partial charge in [-0.1, -0.05) is 0 Å². The monoisotopic (exact) mass is 421 g/mol. The number of ether oxygens (including phenoxy) is 1. The van der Waals surface area contributed by atoms with E-state index in [-0.39, 0.29) is 29.0 Å². The second-order valence-electron chi connectivity index (χ2n) is 7.52. The van der Waals surface area contributed by atoms with Gasteiger partial charge in [-0.25, -0.2) is 4.68 Å². The number of rotatable bonds is 5. The Morgan fingerprint density at radius 2 is 1.90 bits per heavy atom. The lowest BCUT2D eigenvalue weighted by Crippen LogP contribution is -2.31. The van der Waals surface area contributed by atoms with Crippen molar-refractivity contribution < 1.29 is 14.3 Å². The Morgan fingerprint density at radius 1 is 1.16 bits per heavy atom. The maximum Gasteiger partial charge on any atom is 0.255 e. The van der Waals surface area contributed by atoms with Crippen LogP contribution in [0.3, 0.4) is 0 Å². The van der Waals surface area contributed by atoms with Crippen LogP contribution in [-0.4, -0.2) is 51.1 Å². The van der Waals surface area contributed by atoms with Crippen molar-refractivity contribution >= 4 is 17.5 Å². The molecule has 1 atom stereocenters. The number of Topliss-reactive ketones (excluding diaryl/α,β-unsaturated/α-hetero) is 1. The van der Waals surface area contributed by atoms with Gasteiger partial charge in [-0.15, -0.1) is 0 Å². The molecule has 1 aliphatic heterocycles. The van der Waals surface area contributed by atoms with Gasteiger partial charge in [0.1, 0.15) is 11.6 Å². The van der Waals surface area contributed by atoms with E-state index in [0.29, 0.717) is 36.4 Å². The van der Waals surface area contributed by atoms with E-state index in [9.17, 15) is 14.4 Å². The Kier molecular flexibility index (Phi) is 5.33. The first-order chi connectivity index (χ1) is 14.9. The number of benzene rings is 1. The number of aryl methyl sites for hydroxylation is 1. The summed E-state index contributed by atoms with van der Waals surface area (Å²) in [5.41, 5.74) is 7.52. The van der Waals surface area contributed by atoms with Gasteiger partial charge in [0.05, 0.1) is 30.1 Å². The molecule has 0 spiro atoms. The predicted octanol–water partition coefficient (Wildman–Crippen LogP) is 1.51. The number of ketones is 1. The molecule has 0 bridgehead atoms. The van der Waals surface area contributed by atoms with Crippen molar-refractivity contribution in [2.75, 3.05) is 25.9 Å². The Bertz CT molecular complexity index is 1200. The molecule has 3 heterocycles. The summed E-state index contributed by atoms with van der Waals surface area (Å²) in [5.74, 6) is 0.283. The average Bonchev–Trinajstić information content (AvgIpc) is 3.42. The molecule has 0 aliphatic carbocycles. The highest BCUT2D eigenvalue weighted by molar-refractivity contribution is 6.03. The highest BCUT2D eigenvalue weighted by atomic mass is 16.5. The highest BCUT2D eigenvalue weighted by Crippen LogP contribution is 2.26. The zero-order chi connectivity index (χ0) is 22.1. The van der Waals surface area contributed by atoms with E-state index in [4.69, 9.17) is 10.5 Å². The second-order valence-corrected chi connectivity index (χ2v) is 7.52. The summed E-state index contributed by atoms with van der Waals surface area (Å²) in [6.07, 6.45) is 3.53. The maximum absolute atomic E-state index is 13.1. The third-order valence-corrected chi connectivity index (χ3v) is 5.57. The van der Waals surface area contributed by atoms with Crippen LogP contribution in [0.1, 0.15) is 27.1 Å². The minimum absolute atomic E-state index is 0.131. The van der Waals surface area contributed by atoms with Gasteiger partial charge in [0.15, 0.2) is 5.78 Å². The average molecular weight is 421 g/mol. The Labute approximate surface area is 178 Å². The number of hydrogen-bond donors (Lipinski definition) is 1. The third kappa shape index (κ3) is 3.81. The van der Waals surface area contributed by atoms with Gasteiger partial charge in [-0.05, 0) is 36.8 Å².